The fraction of sp³-hybridized carbons (Fsp3) is 0.714. The molecule has 3 N–H and O–H groups in total. The molecule has 0 aliphatic carbocycles. The predicted molar refractivity (Wildman–Crippen MR) is 80.7 cm³/mol. The van der Waals surface area contributed by atoms with Crippen molar-refractivity contribution in [1.29, 1.82) is 0 Å². The van der Waals surface area contributed by atoms with Crippen LogP contribution in [0.25, 0.3) is 0 Å². The molecule has 1 unspecified atom stereocenters. The third-order valence-corrected chi connectivity index (χ3v) is 3.51. The number of hydrazine groups is 1. The highest BCUT2D eigenvalue weighted by Gasteiger charge is 2.19. The summed E-state index contributed by atoms with van der Waals surface area (Å²) in [4.78, 5) is 11.3. The minimum absolute atomic E-state index is 0.274. The zero-order valence-electron chi connectivity index (χ0n) is 12.4. The van der Waals surface area contributed by atoms with Crippen LogP contribution in [0.15, 0.2) is 6.07 Å². The molecule has 2 heterocycles. The van der Waals surface area contributed by atoms with Crippen LogP contribution < -0.4 is 16.2 Å². The maximum absolute atomic E-state index is 5.81. The van der Waals surface area contributed by atoms with E-state index in [1.165, 1.54) is 0 Å². The smallest absolute Gasteiger partial charge is 0.145 e. The van der Waals surface area contributed by atoms with Crippen molar-refractivity contribution < 1.29 is 4.74 Å². The standard InChI is InChI=1S/C14H25N5O/c1-3-6-12-16-13(18-15)9-14(17-12)19-7-5-8-20-11(4-2)10-19/h9,11H,3-8,10,15H2,1-2H3,(H,16,17,18). The van der Waals surface area contributed by atoms with Crippen LogP contribution in [0.2, 0.25) is 0 Å². The summed E-state index contributed by atoms with van der Waals surface area (Å²) in [7, 11) is 0. The van der Waals surface area contributed by atoms with Gasteiger partial charge in [0.25, 0.3) is 0 Å². The maximum Gasteiger partial charge on any atom is 0.145 e. The molecule has 0 bridgehead atoms. The van der Waals surface area contributed by atoms with E-state index in [0.29, 0.717) is 5.82 Å². The number of rotatable bonds is 5. The molecule has 6 nitrogen and oxygen atoms in total. The summed E-state index contributed by atoms with van der Waals surface area (Å²) in [6.07, 6.45) is 4.20. The van der Waals surface area contributed by atoms with Gasteiger partial charge in [-0.05, 0) is 19.3 Å². The van der Waals surface area contributed by atoms with Crippen molar-refractivity contribution in [1.82, 2.24) is 9.97 Å². The van der Waals surface area contributed by atoms with Crippen molar-refractivity contribution in [3.8, 4) is 0 Å². The van der Waals surface area contributed by atoms with Crippen molar-refractivity contribution >= 4 is 11.6 Å². The van der Waals surface area contributed by atoms with Crippen LogP contribution in [0.1, 0.15) is 38.9 Å². The Labute approximate surface area is 120 Å². The van der Waals surface area contributed by atoms with Gasteiger partial charge in [0.05, 0.1) is 6.10 Å². The SMILES string of the molecule is CCCc1nc(NN)cc(N2CCCOC(CC)C2)n1. The molecule has 1 aliphatic heterocycles. The van der Waals surface area contributed by atoms with Crippen molar-refractivity contribution in [2.45, 2.75) is 45.6 Å². The van der Waals surface area contributed by atoms with Crippen molar-refractivity contribution in [2.75, 3.05) is 30.0 Å². The Morgan fingerprint density at radius 2 is 2.30 bits per heavy atom. The van der Waals surface area contributed by atoms with E-state index in [1.54, 1.807) is 0 Å². The first-order chi connectivity index (χ1) is 9.76. The van der Waals surface area contributed by atoms with Gasteiger partial charge in [0, 0.05) is 32.2 Å². The second kappa shape index (κ2) is 7.40. The predicted octanol–water partition coefficient (Wildman–Crippen LogP) is 1.72. The lowest BCUT2D eigenvalue weighted by molar-refractivity contribution is 0.0664. The summed E-state index contributed by atoms with van der Waals surface area (Å²) in [5.74, 6) is 7.98. The summed E-state index contributed by atoms with van der Waals surface area (Å²) in [5.41, 5.74) is 2.64. The lowest BCUT2D eigenvalue weighted by Gasteiger charge is -2.25. The highest BCUT2D eigenvalue weighted by Crippen LogP contribution is 2.20. The molecule has 0 saturated carbocycles. The molecule has 20 heavy (non-hydrogen) atoms. The zero-order chi connectivity index (χ0) is 14.4. The molecule has 1 saturated heterocycles. The topological polar surface area (TPSA) is 76.3 Å². The highest BCUT2D eigenvalue weighted by molar-refractivity contribution is 5.49. The molecule has 1 aromatic heterocycles. The van der Waals surface area contributed by atoms with Crippen LogP contribution in [0.5, 0.6) is 0 Å². The van der Waals surface area contributed by atoms with Crippen LogP contribution in [0, 0.1) is 0 Å². The van der Waals surface area contributed by atoms with Crippen molar-refractivity contribution in [3.05, 3.63) is 11.9 Å². The Hall–Kier alpha value is -1.40. The minimum Gasteiger partial charge on any atom is -0.376 e. The number of hydrogen-bond donors (Lipinski definition) is 2. The summed E-state index contributed by atoms with van der Waals surface area (Å²) < 4.78 is 5.81. The molecule has 0 radical (unpaired) electrons. The quantitative estimate of drug-likeness (QED) is 0.631. The van der Waals surface area contributed by atoms with Gasteiger partial charge in [0.2, 0.25) is 0 Å². The summed E-state index contributed by atoms with van der Waals surface area (Å²) in [6.45, 7) is 6.94. The average molecular weight is 279 g/mol. The first-order valence-corrected chi connectivity index (χ1v) is 7.48. The lowest BCUT2D eigenvalue weighted by Crippen LogP contribution is -2.32. The summed E-state index contributed by atoms with van der Waals surface area (Å²) >= 11 is 0. The fourth-order valence-electron chi connectivity index (χ4n) is 2.40. The van der Waals surface area contributed by atoms with Gasteiger partial charge in [-0.2, -0.15) is 0 Å². The first-order valence-electron chi connectivity index (χ1n) is 7.48. The van der Waals surface area contributed by atoms with Gasteiger partial charge in [-0.25, -0.2) is 15.8 Å². The van der Waals surface area contributed by atoms with Crippen LogP contribution in [0.3, 0.4) is 0 Å². The minimum atomic E-state index is 0.274. The van der Waals surface area contributed by atoms with Gasteiger partial charge >= 0.3 is 0 Å². The Balaban J connectivity index is 2.22. The van der Waals surface area contributed by atoms with E-state index < -0.39 is 0 Å². The number of aryl methyl sites for hydroxylation is 1. The number of hydrogen-bond acceptors (Lipinski definition) is 6. The lowest BCUT2D eigenvalue weighted by atomic mass is 10.2. The van der Waals surface area contributed by atoms with Crippen LogP contribution in [0.4, 0.5) is 11.6 Å². The molecule has 112 valence electrons. The molecule has 2 rings (SSSR count). The summed E-state index contributed by atoms with van der Waals surface area (Å²) in [5, 5.41) is 0. The Kier molecular flexibility index (Phi) is 5.55. The van der Waals surface area contributed by atoms with Crippen molar-refractivity contribution in [2.24, 2.45) is 5.84 Å². The van der Waals surface area contributed by atoms with E-state index >= 15 is 0 Å². The molecular weight excluding hydrogens is 254 g/mol. The fourth-order valence-corrected chi connectivity index (χ4v) is 2.40. The highest BCUT2D eigenvalue weighted by atomic mass is 16.5. The van der Waals surface area contributed by atoms with Crippen LogP contribution >= 0.6 is 0 Å². The van der Waals surface area contributed by atoms with E-state index in [-0.39, 0.29) is 6.10 Å². The van der Waals surface area contributed by atoms with Crippen LogP contribution in [-0.4, -0.2) is 35.8 Å². The van der Waals surface area contributed by atoms with Gasteiger partial charge in [-0.15, -0.1) is 0 Å². The number of nitrogen functional groups attached to an aromatic ring is 1. The summed E-state index contributed by atoms with van der Waals surface area (Å²) in [6, 6.07) is 1.91. The molecule has 1 fully saturated rings. The Morgan fingerprint density at radius 1 is 1.45 bits per heavy atom. The molecule has 6 heteroatoms. The number of aromatic nitrogens is 2. The van der Waals surface area contributed by atoms with Gasteiger partial charge in [0.1, 0.15) is 17.5 Å². The normalized spacial score (nSPS) is 19.8. The third kappa shape index (κ3) is 3.80. The number of nitrogens with zero attached hydrogens (tertiary/aromatic N) is 3. The van der Waals surface area contributed by atoms with E-state index in [9.17, 15) is 0 Å². The number of anilines is 2. The molecule has 1 aromatic rings. The van der Waals surface area contributed by atoms with E-state index in [2.05, 4.69) is 34.1 Å². The number of nitrogens with one attached hydrogen (secondary N) is 1. The molecule has 0 spiro atoms. The van der Waals surface area contributed by atoms with Gasteiger partial charge in [0.15, 0.2) is 0 Å². The molecule has 1 aliphatic rings. The zero-order valence-corrected chi connectivity index (χ0v) is 12.4. The molecule has 0 amide bonds. The molecule has 0 aromatic carbocycles. The van der Waals surface area contributed by atoms with Gasteiger partial charge < -0.3 is 15.1 Å². The third-order valence-electron chi connectivity index (χ3n) is 3.51. The van der Waals surface area contributed by atoms with E-state index in [4.69, 9.17) is 10.6 Å². The second-order valence-corrected chi connectivity index (χ2v) is 5.12. The van der Waals surface area contributed by atoms with Gasteiger partial charge in [-0.1, -0.05) is 13.8 Å². The van der Waals surface area contributed by atoms with Crippen molar-refractivity contribution in [3.63, 3.8) is 0 Å². The second-order valence-electron chi connectivity index (χ2n) is 5.12. The Morgan fingerprint density at radius 3 is 3.00 bits per heavy atom. The van der Waals surface area contributed by atoms with E-state index in [1.807, 2.05) is 6.07 Å². The monoisotopic (exact) mass is 279 g/mol. The Bertz CT molecular complexity index is 426. The number of nitrogens with two attached hydrogens (primary N) is 1. The van der Waals surface area contributed by atoms with Crippen LogP contribution in [-0.2, 0) is 11.2 Å². The average Bonchev–Trinajstić information content (AvgIpc) is 2.72. The molecule has 1 atom stereocenters. The van der Waals surface area contributed by atoms with Gasteiger partial charge in [-0.3, -0.25) is 0 Å². The molecular formula is C14H25N5O. The largest absolute Gasteiger partial charge is 0.376 e. The first kappa shape index (κ1) is 15.0. The maximum atomic E-state index is 5.81. The number of ether oxygens (including phenoxy) is 1. The van der Waals surface area contributed by atoms with E-state index in [0.717, 1.165) is 57.0 Å².